The Labute approximate surface area is 132 Å². The lowest BCUT2D eigenvalue weighted by molar-refractivity contribution is 0.0644. The summed E-state index contributed by atoms with van der Waals surface area (Å²) in [5.74, 6) is -2.12. The minimum absolute atomic E-state index is 0.0437. The van der Waals surface area contributed by atoms with Gasteiger partial charge in [-0.3, -0.25) is 4.79 Å². The summed E-state index contributed by atoms with van der Waals surface area (Å²) in [7, 11) is 0. The van der Waals surface area contributed by atoms with E-state index in [-0.39, 0.29) is 29.3 Å². The summed E-state index contributed by atoms with van der Waals surface area (Å²) in [5, 5.41) is 8.89. The van der Waals surface area contributed by atoms with Gasteiger partial charge in [-0.1, -0.05) is 25.1 Å². The van der Waals surface area contributed by atoms with Gasteiger partial charge in [0, 0.05) is 12.1 Å². The number of amides is 1. The number of halogens is 1. The van der Waals surface area contributed by atoms with E-state index in [1.54, 1.807) is 23.1 Å². The Balaban J connectivity index is 1.91. The van der Waals surface area contributed by atoms with Gasteiger partial charge in [0.1, 0.15) is 5.82 Å². The second-order valence-electron chi connectivity index (χ2n) is 5.80. The van der Waals surface area contributed by atoms with Crippen LogP contribution in [0, 0.1) is 11.7 Å². The van der Waals surface area contributed by atoms with Gasteiger partial charge in [-0.15, -0.1) is 0 Å². The van der Waals surface area contributed by atoms with E-state index >= 15 is 0 Å². The van der Waals surface area contributed by atoms with E-state index in [1.165, 1.54) is 18.2 Å². The Morgan fingerprint density at radius 1 is 1.22 bits per heavy atom. The van der Waals surface area contributed by atoms with E-state index in [1.807, 2.05) is 6.92 Å². The molecule has 0 spiro atoms. The molecule has 0 bridgehead atoms. The van der Waals surface area contributed by atoms with E-state index in [9.17, 15) is 14.0 Å². The minimum atomic E-state index is -1.23. The van der Waals surface area contributed by atoms with Crippen LogP contribution in [0.2, 0.25) is 0 Å². The number of carboxylic acids is 1. The van der Waals surface area contributed by atoms with Crippen LogP contribution in [0.4, 0.5) is 4.39 Å². The number of carboxylic acid groups (broad SMARTS) is 1. The summed E-state index contributed by atoms with van der Waals surface area (Å²) in [6.45, 7) is 2.47. The van der Waals surface area contributed by atoms with Gasteiger partial charge in [-0.2, -0.15) is 0 Å². The van der Waals surface area contributed by atoms with Crippen LogP contribution in [0.1, 0.15) is 46.1 Å². The highest BCUT2D eigenvalue weighted by Crippen LogP contribution is 2.37. The van der Waals surface area contributed by atoms with Crippen LogP contribution in [0.15, 0.2) is 40.8 Å². The van der Waals surface area contributed by atoms with Crippen molar-refractivity contribution in [1.29, 1.82) is 0 Å². The van der Waals surface area contributed by atoms with Crippen LogP contribution in [-0.2, 0) is 0 Å². The molecule has 0 saturated carbocycles. The predicted octanol–water partition coefficient (Wildman–Crippen LogP) is 3.34. The maximum atomic E-state index is 14.1. The fourth-order valence-electron chi connectivity index (χ4n) is 3.02. The zero-order valence-electron chi connectivity index (χ0n) is 12.5. The van der Waals surface area contributed by atoms with Gasteiger partial charge in [0.2, 0.25) is 5.76 Å². The fourth-order valence-corrected chi connectivity index (χ4v) is 3.02. The van der Waals surface area contributed by atoms with Crippen LogP contribution in [0.3, 0.4) is 0 Å². The van der Waals surface area contributed by atoms with Crippen molar-refractivity contribution in [1.82, 2.24) is 4.90 Å². The standard InChI is InChI=1S/C17H16FNO4/c1-10-8-13(11-4-2-3-5-12(11)18)19(9-10)16(20)14-6-7-15(23-14)17(21)22/h2-7,10,13H,8-9H2,1H3,(H,21,22). The van der Waals surface area contributed by atoms with Gasteiger partial charge in [0.25, 0.3) is 5.91 Å². The van der Waals surface area contributed by atoms with Crippen molar-refractivity contribution in [2.45, 2.75) is 19.4 Å². The average Bonchev–Trinajstić information content (AvgIpc) is 3.14. The molecular weight excluding hydrogens is 301 g/mol. The molecule has 2 unspecified atom stereocenters. The lowest BCUT2D eigenvalue weighted by atomic mass is 10.0. The van der Waals surface area contributed by atoms with Crippen LogP contribution < -0.4 is 0 Å². The number of carbonyl (C=O) groups is 2. The van der Waals surface area contributed by atoms with Gasteiger partial charge in [-0.25, -0.2) is 9.18 Å². The minimum Gasteiger partial charge on any atom is -0.475 e. The lowest BCUT2D eigenvalue weighted by Gasteiger charge is -2.24. The molecule has 6 heteroatoms. The molecule has 2 heterocycles. The maximum absolute atomic E-state index is 14.1. The van der Waals surface area contributed by atoms with E-state index in [4.69, 9.17) is 9.52 Å². The molecule has 5 nitrogen and oxygen atoms in total. The first-order valence-electron chi connectivity index (χ1n) is 7.36. The molecular formula is C17H16FNO4. The number of carbonyl (C=O) groups excluding carboxylic acids is 1. The molecule has 1 aliphatic rings. The first kappa shape index (κ1) is 15.3. The number of furan rings is 1. The topological polar surface area (TPSA) is 70.8 Å². The van der Waals surface area contributed by atoms with Crippen LogP contribution in [0.25, 0.3) is 0 Å². The van der Waals surface area contributed by atoms with Gasteiger partial charge in [-0.05, 0) is 30.5 Å². The molecule has 120 valence electrons. The van der Waals surface area contributed by atoms with Crippen molar-refractivity contribution in [2.24, 2.45) is 5.92 Å². The van der Waals surface area contributed by atoms with Gasteiger partial charge in [0.05, 0.1) is 6.04 Å². The smallest absolute Gasteiger partial charge is 0.371 e. The molecule has 1 N–H and O–H groups in total. The number of likely N-dealkylation sites (tertiary alicyclic amines) is 1. The Kier molecular flexibility index (Phi) is 3.90. The molecule has 2 atom stereocenters. The zero-order valence-corrected chi connectivity index (χ0v) is 12.5. The number of rotatable bonds is 3. The Bertz CT molecular complexity index is 755. The van der Waals surface area contributed by atoms with Crippen LogP contribution in [0.5, 0.6) is 0 Å². The van der Waals surface area contributed by atoms with Crippen molar-refractivity contribution in [3.63, 3.8) is 0 Å². The quantitative estimate of drug-likeness (QED) is 0.942. The number of hydrogen-bond donors (Lipinski definition) is 1. The van der Waals surface area contributed by atoms with Gasteiger partial charge >= 0.3 is 5.97 Å². The molecule has 1 fully saturated rings. The normalized spacial score (nSPS) is 20.7. The molecule has 1 amide bonds. The van der Waals surface area contributed by atoms with Gasteiger partial charge in [0.15, 0.2) is 5.76 Å². The molecule has 0 aliphatic carbocycles. The van der Waals surface area contributed by atoms with E-state index < -0.39 is 11.9 Å². The summed E-state index contributed by atoms with van der Waals surface area (Å²) >= 11 is 0. The Morgan fingerprint density at radius 2 is 1.91 bits per heavy atom. The third-order valence-corrected chi connectivity index (χ3v) is 4.06. The number of benzene rings is 1. The maximum Gasteiger partial charge on any atom is 0.371 e. The molecule has 1 saturated heterocycles. The molecule has 3 rings (SSSR count). The third kappa shape index (κ3) is 2.84. The summed E-state index contributed by atoms with van der Waals surface area (Å²) in [6, 6.07) is 8.59. The molecule has 1 aromatic heterocycles. The van der Waals surface area contributed by atoms with Crippen molar-refractivity contribution < 1.29 is 23.5 Å². The van der Waals surface area contributed by atoms with Crippen molar-refractivity contribution in [3.8, 4) is 0 Å². The zero-order chi connectivity index (χ0) is 16.6. The monoisotopic (exact) mass is 317 g/mol. The lowest BCUT2D eigenvalue weighted by Crippen LogP contribution is -2.31. The molecule has 1 aliphatic heterocycles. The molecule has 2 aromatic rings. The summed E-state index contributed by atoms with van der Waals surface area (Å²) in [4.78, 5) is 25.1. The molecule has 23 heavy (non-hydrogen) atoms. The summed E-state index contributed by atoms with van der Waals surface area (Å²) in [6.07, 6.45) is 0.652. The first-order chi connectivity index (χ1) is 11.0. The van der Waals surface area contributed by atoms with Crippen LogP contribution >= 0.6 is 0 Å². The summed E-state index contributed by atoms with van der Waals surface area (Å²) in [5.41, 5.74) is 0.468. The van der Waals surface area contributed by atoms with Crippen molar-refractivity contribution in [3.05, 3.63) is 59.3 Å². The van der Waals surface area contributed by atoms with E-state index in [0.717, 1.165) is 0 Å². The highest BCUT2D eigenvalue weighted by Gasteiger charge is 2.37. The van der Waals surface area contributed by atoms with E-state index in [0.29, 0.717) is 18.5 Å². The second kappa shape index (κ2) is 5.87. The number of hydrogen-bond acceptors (Lipinski definition) is 3. The van der Waals surface area contributed by atoms with E-state index in [2.05, 4.69) is 0 Å². The first-order valence-corrected chi connectivity index (χ1v) is 7.36. The fraction of sp³-hybridized carbons (Fsp3) is 0.294. The highest BCUT2D eigenvalue weighted by molar-refractivity contribution is 5.94. The Hall–Kier alpha value is -2.63. The Morgan fingerprint density at radius 3 is 2.57 bits per heavy atom. The SMILES string of the molecule is CC1CC(c2ccccc2F)N(C(=O)c2ccc(C(=O)O)o2)C1. The van der Waals surface area contributed by atoms with Crippen LogP contribution in [-0.4, -0.2) is 28.4 Å². The largest absolute Gasteiger partial charge is 0.475 e. The van der Waals surface area contributed by atoms with Crippen molar-refractivity contribution >= 4 is 11.9 Å². The second-order valence-corrected chi connectivity index (χ2v) is 5.80. The third-order valence-electron chi connectivity index (χ3n) is 4.06. The predicted molar refractivity (Wildman–Crippen MR) is 79.6 cm³/mol. The number of aromatic carboxylic acids is 1. The van der Waals surface area contributed by atoms with Crippen molar-refractivity contribution in [2.75, 3.05) is 6.54 Å². The molecule has 1 aromatic carbocycles. The average molecular weight is 317 g/mol. The molecule has 0 radical (unpaired) electrons. The summed E-state index contributed by atoms with van der Waals surface area (Å²) < 4.78 is 19.2. The van der Waals surface area contributed by atoms with Gasteiger partial charge < -0.3 is 14.4 Å². The highest BCUT2D eigenvalue weighted by atomic mass is 19.1. The number of nitrogens with zero attached hydrogens (tertiary/aromatic N) is 1.